The van der Waals surface area contributed by atoms with Crippen molar-refractivity contribution in [1.29, 1.82) is 0 Å². The summed E-state index contributed by atoms with van der Waals surface area (Å²) in [7, 11) is 0. The molecule has 6 nitrogen and oxygen atoms in total. The Labute approximate surface area is 263 Å². The first-order valence-electron chi connectivity index (χ1n) is 15.5. The van der Waals surface area contributed by atoms with E-state index in [1.165, 1.54) is 12.1 Å². The Kier molecular flexibility index (Phi) is 10.1. The molecule has 0 heterocycles. The third kappa shape index (κ3) is 6.00. The van der Waals surface area contributed by atoms with E-state index in [9.17, 15) is 24.9 Å². The highest BCUT2D eigenvalue weighted by molar-refractivity contribution is 6.41. The summed E-state index contributed by atoms with van der Waals surface area (Å²) in [5, 5.41) is 31.7. The summed E-state index contributed by atoms with van der Waals surface area (Å²) in [6, 6.07) is 3.65. The van der Waals surface area contributed by atoms with Crippen LogP contribution in [0.25, 0.3) is 5.76 Å². The number of benzene rings is 1. The molecule has 2 saturated carbocycles. The Hall–Kier alpha value is -3.67. The van der Waals surface area contributed by atoms with Gasteiger partial charge in [-0.3, -0.25) is 14.4 Å². The molecule has 2 fully saturated rings. The van der Waals surface area contributed by atoms with Gasteiger partial charge in [0.15, 0.2) is 28.8 Å². The van der Waals surface area contributed by atoms with Gasteiger partial charge >= 0.3 is 0 Å². The zero-order valence-corrected chi connectivity index (χ0v) is 27.9. The number of aromatic hydroxyl groups is 2. The van der Waals surface area contributed by atoms with Crippen molar-refractivity contribution in [2.75, 3.05) is 0 Å². The molecule has 0 radical (unpaired) electrons. The van der Waals surface area contributed by atoms with Gasteiger partial charge in [0.1, 0.15) is 16.7 Å². The average molecular weight is 603 g/mol. The fraction of sp³-hybridized carbons (Fsp3) is 0.500. The first kappa shape index (κ1) is 34.8. The molecule has 2 aliphatic carbocycles. The van der Waals surface area contributed by atoms with E-state index in [0.29, 0.717) is 12.8 Å². The number of rotatable bonds is 10. The lowest BCUT2D eigenvalue weighted by molar-refractivity contribution is -0.177. The fourth-order valence-electron chi connectivity index (χ4n) is 7.08. The molecule has 3 N–H and O–H groups in total. The number of aliphatic hydroxyl groups is 1. The molecule has 4 atom stereocenters. The molecule has 0 spiro atoms. The second kappa shape index (κ2) is 12.7. The Morgan fingerprint density at radius 2 is 1.50 bits per heavy atom. The third-order valence-electron chi connectivity index (χ3n) is 10.0. The summed E-state index contributed by atoms with van der Waals surface area (Å²) in [5.74, 6) is -3.61. The molecular formula is C38H50O6. The highest BCUT2D eigenvalue weighted by Crippen LogP contribution is 2.66. The van der Waals surface area contributed by atoms with Gasteiger partial charge in [0, 0.05) is 5.56 Å². The first-order valence-corrected chi connectivity index (χ1v) is 15.5. The van der Waals surface area contributed by atoms with Crippen molar-refractivity contribution < 1.29 is 29.7 Å². The zero-order valence-electron chi connectivity index (χ0n) is 27.9. The van der Waals surface area contributed by atoms with Crippen molar-refractivity contribution in [3.63, 3.8) is 0 Å². The van der Waals surface area contributed by atoms with Crippen LogP contribution < -0.4 is 0 Å². The zero-order chi connectivity index (χ0) is 33.4. The molecule has 6 heteroatoms. The molecule has 1 aromatic rings. The number of phenols is 2. The van der Waals surface area contributed by atoms with Gasteiger partial charge in [-0.15, -0.1) is 0 Å². The number of fused-ring (bicyclic) bond motifs is 2. The maximum atomic E-state index is 15.2. The average Bonchev–Trinajstić information content (AvgIpc) is 2.91. The fourth-order valence-corrected chi connectivity index (χ4v) is 7.08. The van der Waals surface area contributed by atoms with Gasteiger partial charge in [-0.25, -0.2) is 0 Å². The molecule has 0 amide bonds. The monoisotopic (exact) mass is 602 g/mol. The van der Waals surface area contributed by atoms with Gasteiger partial charge in [0.25, 0.3) is 0 Å². The van der Waals surface area contributed by atoms with Crippen molar-refractivity contribution in [2.45, 2.75) is 94.4 Å². The van der Waals surface area contributed by atoms with E-state index in [2.05, 4.69) is 18.7 Å². The minimum absolute atomic E-state index is 0.0110. The van der Waals surface area contributed by atoms with Crippen molar-refractivity contribution >= 4 is 23.1 Å². The molecule has 0 unspecified atom stereocenters. The smallest absolute Gasteiger partial charge is 0.184 e. The summed E-state index contributed by atoms with van der Waals surface area (Å²) < 4.78 is 0. The summed E-state index contributed by atoms with van der Waals surface area (Å²) in [4.78, 5) is 44.9. The predicted molar refractivity (Wildman–Crippen MR) is 176 cm³/mol. The molecule has 0 saturated heterocycles. The molecule has 0 aromatic heterocycles. The van der Waals surface area contributed by atoms with E-state index >= 15 is 4.79 Å². The van der Waals surface area contributed by atoms with Gasteiger partial charge in [-0.2, -0.15) is 0 Å². The maximum Gasteiger partial charge on any atom is 0.184 e. The van der Waals surface area contributed by atoms with Crippen LogP contribution in [-0.2, 0) is 14.4 Å². The minimum Gasteiger partial charge on any atom is -0.506 e. The second-order valence-electron chi connectivity index (χ2n) is 14.3. The van der Waals surface area contributed by atoms with Gasteiger partial charge in [0.05, 0.1) is 5.41 Å². The Morgan fingerprint density at radius 1 is 0.909 bits per heavy atom. The van der Waals surface area contributed by atoms with Crippen LogP contribution in [0.5, 0.6) is 11.5 Å². The van der Waals surface area contributed by atoms with Crippen LogP contribution in [0, 0.1) is 28.1 Å². The lowest BCUT2D eigenvalue weighted by Gasteiger charge is -2.60. The molecule has 2 bridgehead atoms. The molecule has 1 aromatic carbocycles. The summed E-state index contributed by atoms with van der Waals surface area (Å²) in [6.07, 6.45) is 7.79. The first-order chi connectivity index (χ1) is 20.3. The van der Waals surface area contributed by atoms with Gasteiger partial charge in [-0.1, -0.05) is 60.9 Å². The summed E-state index contributed by atoms with van der Waals surface area (Å²) >= 11 is 0. The largest absolute Gasteiger partial charge is 0.506 e. The number of aliphatic hydroxyl groups excluding tert-OH is 1. The number of carbonyl (C=O) groups excluding carboxylic acids is 3. The van der Waals surface area contributed by atoms with Crippen molar-refractivity contribution in [3.8, 4) is 11.5 Å². The van der Waals surface area contributed by atoms with Crippen LogP contribution in [0.3, 0.4) is 0 Å². The standard InChI is InChI=1S/C38H50O6/c1-22(2)11-13-27(25(7)8)20-37-21-28(15-12-23(3)4)36(9,10)38(35(37)44,18-17-24(5)6)34(43)31(33(37)42)32(41)26-14-16-29(39)30(40)19-26/h11-12,14,16-17,19,27-28,39-41H,7,13,15,18,20-21H2,1-6,8-10H3/t27-,28+,37+,38-/m0/s1. The Balaban J connectivity index is 2.47. The number of Topliss-reactive ketones (excluding diaryl/α,β-unsaturated/α-hetero) is 3. The van der Waals surface area contributed by atoms with Crippen LogP contribution in [0.4, 0.5) is 0 Å². The van der Waals surface area contributed by atoms with Crippen LogP contribution in [0.1, 0.15) is 100.0 Å². The lowest BCUT2D eigenvalue weighted by atomic mass is 9.38. The topological polar surface area (TPSA) is 112 Å². The van der Waals surface area contributed by atoms with Crippen molar-refractivity contribution in [2.24, 2.45) is 28.1 Å². The molecule has 2 aliphatic rings. The van der Waals surface area contributed by atoms with Gasteiger partial charge < -0.3 is 15.3 Å². The van der Waals surface area contributed by atoms with E-state index in [1.807, 2.05) is 68.4 Å². The normalized spacial score (nSPS) is 26.0. The van der Waals surface area contributed by atoms with Crippen LogP contribution >= 0.6 is 0 Å². The number of carbonyl (C=O) groups is 3. The quantitative estimate of drug-likeness (QED) is 0.0616. The minimum atomic E-state index is -1.62. The Bertz CT molecular complexity index is 1490. The molecule has 0 aliphatic heterocycles. The summed E-state index contributed by atoms with van der Waals surface area (Å²) in [6.45, 7) is 21.9. The molecule has 238 valence electrons. The van der Waals surface area contributed by atoms with Crippen LogP contribution in [0.2, 0.25) is 0 Å². The molecular weight excluding hydrogens is 552 g/mol. The molecule has 44 heavy (non-hydrogen) atoms. The Morgan fingerprint density at radius 3 is 2.02 bits per heavy atom. The van der Waals surface area contributed by atoms with E-state index < -0.39 is 50.6 Å². The maximum absolute atomic E-state index is 15.2. The van der Waals surface area contributed by atoms with E-state index in [1.54, 1.807) is 0 Å². The highest BCUT2D eigenvalue weighted by Gasteiger charge is 2.74. The van der Waals surface area contributed by atoms with Crippen molar-refractivity contribution in [1.82, 2.24) is 0 Å². The number of hydrogen-bond acceptors (Lipinski definition) is 6. The third-order valence-corrected chi connectivity index (χ3v) is 10.0. The van der Waals surface area contributed by atoms with Crippen molar-refractivity contribution in [3.05, 3.63) is 76.4 Å². The number of allylic oxidation sites excluding steroid dienone is 8. The van der Waals surface area contributed by atoms with E-state index in [-0.39, 0.29) is 42.4 Å². The van der Waals surface area contributed by atoms with Gasteiger partial charge in [-0.05, 0) is 116 Å². The van der Waals surface area contributed by atoms with Crippen LogP contribution in [-0.4, -0.2) is 32.7 Å². The number of phenolic OH excluding ortho intramolecular Hbond substituents is 2. The second-order valence-corrected chi connectivity index (χ2v) is 14.3. The molecule has 3 rings (SSSR count). The highest BCUT2D eigenvalue weighted by atomic mass is 16.3. The summed E-state index contributed by atoms with van der Waals surface area (Å²) in [5.41, 5.74) is -0.453. The predicted octanol–water partition coefficient (Wildman–Crippen LogP) is 8.76. The van der Waals surface area contributed by atoms with E-state index in [4.69, 9.17) is 0 Å². The van der Waals surface area contributed by atoms with Gasteiger partial charge in [0.2, 0.25) is 0 Å². The number of hydrogen-bond donors (Lipinski definition) is 3. The number of ketones is 3. The lowest BCUT2D eigenvalue weighted by Crippen LogP contribution is -2.69. The van der Waals surface area contributed by atoms with Crippen LogP contribution in [0.15, 0.2) is 70.9 Å². The van der Waals surface area contributed by atoms with E-state index in [0.717, 1.165) is 28.4 Å². The SMILES string of the molecule is C=C(C)[C@@H](CC=C(C)C)C[C@@]12C[C@@H](CC=C(C)C)C(C)(C)[C@@](CC=C(C)C)(C(=O)C(=C(O)c3ccc(O)c(O)c3)C1=O)C2=O.